The van der Waals surface area contributed by atoms with Crippen molar-refractivity contribution in [3.05, 3.63) is 47.7 Å². The molecule has 1 aromatic heterocycles. The SMILES string of the molecule is CCCc1c[n+](C)c(-c2ccccc2C)c[c]1[Ge]([CH3])([CH3])[CH3]. The minimum atomic E-state index is -1.86. The van der Waals surface area contributed by atoms with E-state index in [0.717, 1.165) is 0 Å². The molecule has 112 valence electrons. The molecule has 0 amide bonds. The average Bonchev–Trinajstić information content (AvgIpc) is 2.39. The zero-order valence-electron chi connectivity index (χ0n) is 14.3. The second kappa shape index (κ2) is 6.35. The van der Waals surface area contributed by atoms with Gasteiger partial charge in [-0.15, -0.1) is 0 Å². The number of benzene rings is 1. The zero-order valence-corrected chi connectivity index (χ0v) is 16.4. The van der Waals surface area contributed by atoms with E-state index in [0.29, 0.717) is 0 Å². The van der Waals surface area contributed by atoms with Gasteiger partial charge in [-0.05, 0) is 0 Å². The van der Waals surface area contributed by atoms with Crippen molar-refractivity contribution in [2.45, 2.75) is 44.0 Å². The van der Waals surface area contributed by atoms with Crippen molar-refractivity contribution < 1.29 is 4.57 Å². The maximum atomic E-state index is 2.50. The average molecular weight is 343 g/mol. The molecule has 0 atom stereocenters. The van der Waals surface area contributed by atoms with Gasteiger partial charge < -0.3 is 0 Å². The molecule has 0 N–H and O–H groups in total. The third kappa shape index (κ3) is 3.57. The number of hydrogen-bond donors (Lipinski definition) is 0. The van der Waals surface area contributed by atoms with E-state index in [9.17, 15) is 0 Å². The van der Waals surface area contributed by atoms with Crippen molar-refractivity contribution in [1.29, 1.82) is 0 Å². The van der Waals surface area contributed by atoms with Crippen LogP contribution in [0.5, 0.6) is 0 Å². The Morgan fingerprint density at radius 1 is 1.10 bits per heavy atom. The molecule has 2 rings (SSSR count). The zero-order chi connectivity index (χ0) is 15.6. The predicted molar refractivity (Wildman–Crippen MR) is 94.8 cm³/mol. The first-order valence-corrected chi connectivity index (χ1v) is 15.3. The summed E-state index contributed by atoms with van der Waals surface area (Å²) in [6.45, 7) is 4.47. The van der Waals surface area contributed by atoms with Crippen molar-refractivity contribution in [1.82, 2.24) is 0 Å². The summed E-state index contributed by atoms with van der Waals surface area (Å²) in [5.41, 5.74) is 5.62. The van der Waals surface area contributed by atoms with Crippen molar-refractivity contribution in [3.63, 3.8) is 0 Å². The van der Waals surface area contributed by atoms with Gasteiger partial charge in [0.2, 0.25) is 0 Å². The fraction of sp³-hybridized carbons (Fsp3) is 0.421. The molecule has 0 aliphatic rings. The third-order valence-electron chi connectivity index (χ3n) is 4.10. The molecule has 1 nitrogen and oxygen atoms in total. The Bertz CT molecular complexity index is 638. The van der Waals surface area contributed by atoms with E-state index in [2.05, 4.69) is 79.3 Å². The maximum absolute atomic E-state index is 2.50. The molecule has 0 unspecified atom stereocenters. The van der Waals surface area contributed by atoms with Crippen molar-refractivity contribution in [3.8, 4) is 11.3 Å². The quantitative estimate of drug-likeness (QED) is 0.584. The normalized spacial score (nSPS) is 11.7. The molecule has 0 radical (unpaired) electrons. The van der Waals surface area contributed by atoms with Gasteiger partial charge >= 0.3 is 132 Å². The summed E-state index contributed by atoms with van der Waals surface area (Å²) in [6.07, 6.45) is 4.78. The Hall–Kier alpha value is -1.09. The number of aryl methyl sites for hydroxylation is 3. The topological polar surface area (TPSA) is 3.88 Å². The van der Waals surface area contributed by atoms with Gasteiger partial charge in [0.05, 0.1) is 0 Å². The van der Waals surface area contributed by atoms with Crippen LogP contribution in [0.25, 0.3) is 11.3 Å². The second-order valence-electron chi connectivity index (χ2n) is 7.02. The number of hydrogen-bond acceptors (Lipinski definition) is 0. The van der Waals surface area contributed by atoms with E-state index < -0.39 is 13.3 Å². The molecule has 21 heavy (non-hydrogen) atoms. The summed E-state index contributed by atoms with van der Waals surface area (Å²) in [5, 5.41) is 0. The van der Waals surface area contributed by atoms with Crippen LogP contribution in [0.2, 0.25) is 17.3 Å². The molecule has 0 fully saturated rings. The Balaban J connectivity index is 2.67. The summed E-state index contributed by atoms with van der Waals surface area (Å²) in [6, 6.07) is 11.2. The van der Waals surface area contributed by atoms with Crippen LogP contribution in [0.4, 0.5) is 0 Å². The van der Waals surface area contributed by atoms with Crippen LogP contribution in [0.15, 0.2) is 36.5 Å². The Morgan fingerprint density at radius 3 is 2.33 bits per heavy atom. The molecule has 0 saturated carbocycles. The molecule has 0 aliphatic carbocycles. The van der Waals surface area contributed by atoms with Crippen molar-refractivity contribution in [2.75, 3.05) is 0 Å². The fourth-order valence-corrected chi connectivity index (χ4v) is 6.61. The molecule has 0 saturated heterocycles. The van der Waals surface area contributed by atoms with Gasteiger partial charge in [0.1, 0.15) is 0 Å². The van der Waals surface area contributed by atoms with Crippen LogP contribution in [-0.4, -0.2) is 13.3 Å². The monoisotopic (exact) mass is 344 g/mol. The first kappa shape index (κ1) is 16.3. The second-order valence-corrected chi connectivity index (χ2v) is 17.6. The number of aromatic nitrogens is 1. The molecular weight excluding hydrogens is 315 g/mol. The van der Waals surface area contributed by atoms with Crippen LogP contribution in [0.3, 0.4) is 0 Å². The summed E-state index contributed by atoms with van der Waals surface area (Å²) in [4.78, 5) is 0. The standard InChI is InChI=1S/C19H28GeN/c1-7-10-16-14-21(6)19(13-18(16)20(3,4)5)17-12-9-8-11-15(17)2/h8-9,11-14H,7,10H2,1-6H3/q+1. The predicted octanol–water partition coefficient (Wildman–Crippen LogP) is 3.98. The van der Waals surface area contributed by atoms with Crippen LogP contribution >= 0.6 is 0 Å². The number of pyridine rings is 1. The third-order valence-corrected chi connectivity index (χ3v) is 8.47. The summed E-state index contributed by atoms with van der Waals surface area (Å²) in [7, 11) is 2.18. The van der Waals surface area contributed by atoms with Gasteiger partial charge in [0.15, 0.2) is 0 Å². The van der Waals surface area contributed by atoms with Gasteiger partial charge in [-0.2, -0.15) is 0 Å². The van der Waals surface area contributed by atoms with Crippen LogP contribution < -0.4 is 8.96 Å². The molecule has 0 aliphatic heterocycles. The van der Waals surface area contributed by atoms with Crippen LogP contribution in [0, 0.1) is 6.92 Å². The van der Waals surface area contributed by atoms with Crippen LogP contribution in [0.1, 0.15) is 24.5 Å². The summed E-state index contributed by atoms with van der Waals surface area (Å²) >= 11 is -1.86. The molecule has 1 aromatic carbocycles. The fourth-order valence-electron chi connectivity index (χ4n) is 3.00. The van der Waals surface area contributed by atoms with Crippen LogP contribution in [-0.2, 0) is 13.5 Å². The van der Waals surface area contributed by atoms with E-state index in [-0.39, 0.29) is 0 Å². The minimum absolute atomic E-state index is 1.19. The summed E-state index contributed by atoms with van der Waals surface area (Å²) < 4.78 is 3.97. The van der Waals surface area contributed by atoms with E-state index in [1.54, 1.807) is 9.96 Å². The molecule has 0 spiro atoms. The molecular formula is C19H28GeN+. The molecule has 1 heterocycles. The van der Waals surface area contributed by atoms with Gasteiger partial charge in [-0.25, -0.2) is 0 Å². The van der Waals surface area contributed by atoms with Gasteiger partial charge in [-0.1, -0.05) is 0 Å². The van der Waals surface area contributed by atoms with Gasteiger partial charge in [-0.3, -0.25) is 0 Å². The number of rotatable bonds is 4. The Morgan fingerprint density at radius 2 is 1.76 bits per heavy atom. The van der Waals surface area contributed by atoms with Gasteiger partial charge in [0, 0.05) is 0 Å². The van der Waals surface area contributed by atoms with Gasteiger partial charge in [0.25, 0.3) is 0 Å². The Kier molecular flexibility index (Phi) is 4.93. The van der Waals surface area contributed by atoms with E-state index in [1.807, 2.05) is 0 Å². The van der Waals surface area contributed by atoms with E-state index >= 15 is 0 Å². The van der Waals surface area contributed by atoms with Crippen molar-refractivity contribution >= 4 is 17.7 Å². The summed E-state index contributed by atoms with van der Waals surface area (Å²) in [5.74, 6) is 7.49. The van der Waals surface area contributed by atoms with Crippen molar-refractivity contribution in [2.24, 2.45) is 7.05 Å². The molecule has 2 aromatic rings. The Labute approximate surface area is 132 Å². The van der Waals surface area contributed by atoms with E-state index in [1.165, 1.54) is 29.7 Å². The number of nitrogens with zero attached hydrogens (tertiary/aromatic N) is 1. The first-order valence-electron chi connectivity index (χ1n) is 7.93. The molecule has 0 bridgehead atoms. The molecule has 2 heteroatoms. The van der Waals surface area contributed by atoms with E-state index in [4.69, 9.17) is 0 Å². The first-order chi connectivity index (χ1) is 9.84.